The standard InChI is InChI=1S/C19H28N2O3Si.C18H30N2O2Si/c1-15(2)18-12-17(20-3)11-16(19(18)21-13-22)7-8-23-14-24-9-10-25(4,5)6;1-14(2)17-12-16(20-3)11-15(18(17)19)7-8-21-13-22-9-10-23(4,5)6/h11-12,15H,7-10,14H2,1-2,4-6H3;11-12,14H,7-10,13,19H2,1-2,4-6H3. The van der Waals surface area contributed by atoms with E-state index in [1.165, 1.54) is 0 Å². The number of ether oxygens (including phenoxy) is 4. The number of nitrogens with zero attached hydrogens (tertiary/aromatic N) is 3. The predicted octanol–water partition coefficient (Wildman–Crippen LogP) is 10.0. The molecule has 0 saturated carbocycles. The molecule has 0 spiro atoms. The quantitative estimate of drug-likeness (QED) is 0.0299. The highest BCUT2D eigenvalue weighted by atomic mass is 28.3. The molecule has 264 valence electrons. The molecule has 0 heterocycles. The molecule has 0 aliphatic rings. The number of nitrogen functional groups attached to an aromatic ring is 1. The second-order valence-corrected chi connectivity index (χ2v) is 26.1. The second-order valence-electron chi connectivity index (χ2n) is 14.9. The van der Waals surface area contributed by atoms with Crippen LogP contribution in [0, 0.1) is 13.1 Å². The molecule has 2 aromatic rings. The summed E-state index contributed by atoms with van der Waals surface area (Å²) in [4.78, 5) is 21.7. The van der Waals surface area contributed by atoms with E-state index in [4.69, 9.17) is 37.8 Å². The van der Waals surface area contributed by atoms with E-state index in [2.05, 4.69) is 67.8 Å². The molecule has 2 aromatic carbocycles. The zero-order valence-electron chi connectivity index (χ0n) is 31.0. The van der Waals surface area contributed by atoms with Crippen molar-refractivity contribution in [3.05, 3.63) is 69.4 Å². The summed E-state index contributed by atoms with van der Waals surface area (Å²) in [5, 5.41) is 0. The van der Waals surface area contributed by atoms with Crippen LogP contribution in [0.25, 0.3) is 9.69 Å². The van der Waals surface area contributed by atoms with E-state index in [0.29, 0.717) is 55.8 Å². The average Bonchev–Trinajstić information content (AvgIpc) is 3.00. The molecule has 0 unspecified atom stereocenters. The maximum Gasteiger partial charge on any atom is 0.240 e. The molecule has 0 saturated heterocycles. The lowest BCUT2D eigenvalue weighted by Crippen LogP contribution is -2.22. The molecule has 0 bridgehead atoms. The molecule has 0 atom stereocenters. The van der Waals surface area contributed by atoms with Crippen molar-refractivity contribution >= 4 is 45.0 Å². The SMILES string of the molecule is [C-]#[N+]c1cc(CCOCOCC[Si](C)(C)C)c(N)c(C(C)C)c1.[C-]#[N+]c1cc(CCOCOCC[Si](C)(C)C)c(N=C=O)c(C(C)C)c1. The van der Waals surface area contributed by atoms with E-state index >= 15 is 0 Å². The number of nitrogens with two attached hydrogens (primary N) is 1. The summed E-state index contributed by atoms with van der Waals surface area (Å²) in [6, 6.07) is 9.57. The van der Waals surface area contributed by atoms with E-state index in [9.17, 15) is 4.79 Å². The molecule has 0 aliphatic carbocycles. The summed E-state index contributed by atoms with van der Waals surface area (Å²) >= 11 is 0. The monoisotopic (exact) mass is 694 g/mol. The third-order valence-electron chi connectivity index (χ3n) is 7.50. The van der Waals surface area contributed by atoms with Crippen LogP contribution in [0.4, 0.5) is 22.7 Å². The van der Waals surface area contributed by atoms with Crippen LogP contribution in [-0.2, 0) is 36.6 Å². The van der Waals surface area contributed by atoms with Crippen LogP contribution >= 0.6 is 0 Å². The first-order valence-corrected chi connectivity index (χ1v) is 24.2. The molecule has 0 aliphatic heterocycles. The molecular weight excluding hydrogens is 637 g/mol. The molecule has 9 nitrogen and oxygen atoms in total. The predicted molar refractivity (Wildman–Crippen MR) is 203 cm³/mol. The normalized spacial score (nSPS) is 11.5. The van der Waals surface area contributed by atoms with E-state index in [-0.39, 0.29) is 12.7 Å². The molecule has 0 amide bonds. The first kappa shape index (κ1) is 42.9. The lowest BCUT2D eigenvalue weighted by Gasteiger charge is -2.16. The third-order valence-corrected chi connectivity index (χ3v) is 10.9. The van der Waals surface area contributed by atoms with Gasteiger partial charge in [-0.1, -0.05) is 91.2 Å². The van der Waals surface area contributed by atoms with Crippen LogP contribution in [-0.4, -0.2) is 62.2 Å². The van der Waals surface area contributed by atoms with Gasteiger partial charge in [0.25, 0.3) is 0 Å². The average molecular weight is 695 g/mol. The Morgan fingerprint density at radius 1 is 0.708 bits per heavy atom. The van der Waals surface area contributed by atoms with E-state index in [1.807, 2.05) is 26.0 Å². The van der Waals surface area contributed by atoms with Crippen molar-refractivity contribution in [1.29, 1.82) is 0 Å². The zero-order chi connectivity index (χ0) is 36.3. The minimum absolute atomic E-state index is 0.165. The highest BCUT2D eigenvalue weighted by molar-refractivity contribution is 6.76. The number of hydrogen-bond acceptors (Lipinski definition) is 7. The van der Waals surface area contributed by atoms with Crippen molar-refractivity contribution < 1.29 is 23.7 Å². The Balaban J connectivity index is 0.000000482. The number of hydrogen-bond donors (Lipinski definition) is 1. The smallest absolute Gasteiger partial charge is 0.240 e. The molecule has 0 fully saturated rings. The van der Waals surface area contributed by atoms with Crippen LogP contribution in [0.15, 0.2) is 29.3 Å². The van der Waals surface area contributed by atoms with Crippen LogP contribution in [0.2, 0.25) is 51.4 Å². The number of carbonyl (C=O) groups excluding carboxylic acids is 1. The van der Waals surface area contributed by atoms with Crippen LogP contribution in [0.5, 0.6) is 0 Å². The Hall–Kier alpha value is -3.13. The Kier molecular flexibility index (Phi) is 19.4. The highest BCUT2D eigenvalue weighted by Gasteiger charge is 2.15. The summed E-state index contributed by atoms with van der Waals surface area (Å²) in [6.45, 7) is 39.7. The van der Waals surface area contributed by atoms with Crippen molar-refractivity contribution in [2.45, 2.75) is 104 Å². The number of anilines is 1. The Morgan fingerprint density at radius 3 is 1.54 bits per heavy atom. The van der Waals surface area contributed by atoms with Gasteiger partial charge in [0.2, 0.25) is 6.08 Å². The van der Waals surface area contributed by atoms with Gasteiger partial charge in [0.05, 0.1) is 32.0 Å². The summed E-state index contributed by atoms with van der Waals surface area (Å²) in [6.07, 6.45) is 2.90. The lowest BCUT2D eigenvalue weighted by atomic mass is 9.96. The molecule has 11 heteroatoms. The number of aliphatic imine (C=N–C) groups is 1. The first-order chi connectivity index (χ1) is 22.5. The number of rotatable bonds is 19. The van der Waals surface area contributed by atoms with Crippen LogP contribution in [0.1, 0.15) is 61.8 Å². The van der Waals surface area contributed by atoms with Crippen molar-refractivity contribution in [2.75, 3.05) is 45.7 Å². The highest BCUT2D eigenvalue weighted by Crippen LogP contribution is 2.35. The fraction of sp³-hybridized carbons (Fsp3) is 0.595. The van der Waals surface area contributed by atoms with Crippen molar-refractivity contribution in [1.82, 2.24) is 0 Å². The maximum atomic E-state index is 10.8. The van der Waals surface area contributed by atoms with Crippen molar-refractivity contribution in [3.8, 4) is 0 Å². The topological polar surface area (TPSA) is 101 Å². The minimum atomic E-state index is -1.08. The van der Waals surface area contributed by atoms with Gasteiger partial charge >= 0.3 is 0 Å². The maximum absolute atomic E-state index is 10.8. The molecule has 48 heavy (non-hydrogen) atoms. The van der Waals surface area contributed by atoms with Gasteiger partial charge in [-0.2, -0.15) is 4.99 Å². The molecule has 2 N–H and O–H groups in total. The van der Waals surface area contributed by atoms with Gasteiger partial charge in [-0.3, -0.25) is 0 Å². The summed E-state index contributed by atoms with van der Waals surface area (Å²) in [5.74, 6) is 0.472. The van der Waals surface area contributed by atoms with Gasteiger partial charge in [-0.15, -0.1) is 0 Å². The van der Waals surface area contributed by atoms with Crippen LogP contribution in [0.3, 0.4) is 0 Å². The third kappa shape index (κ3) is 17.3. The van der Waals surface area contributed by atoms with Gasteiger partial charge in [-0.05, 0) is 59.0 Å². The fourth-order valence-corrected chi connectivity index (χ4v) is 6.04. The minimum Gasteiger partial charge on any atom is -0.398 e. The van der Waals surface area contributed by atoms with Crippen LogP contribution < -0.4 is 5.73 Å². The molecule has 0 aromatic heterocycles. The Bertz CT molecular complexity index is 1410. The largest absolute Gasteiger partial charge is 0.398 e. The van der Waals surface area contributed by atoms with Gasteiger partial charge in [-0.25, -0.2) is 14.5 Å². The number of isocyanates is 1. The fourth-order valence-electron chi connectivity index (χ4n) is 4.52. The van der Waals surface area contributed by atoms with E-state index in [0.717, 1.165) is 53.2 Å². The molecular formula is C37H58N4O5Si2. The molecule has 0 radical (unpaired) electrons. The van der Waals surface area contributed by atoms with E-state index < -0.39 is 16.1 Å². The summed E-state index contributed by atoms with van der Waals surface area (Å²) in [5.41, 5.74) is 12.6. The lowest BCUT2D eigenvalue weighted by molar-refractivity contribution is -0.0485. The zero-order valence-corrected chi connectivity index (χ0v) is 33.0. The van der Waals surface area contributed by atoms with E-state index in [1.54, 1.807) is 18.2 Å². The van der Waals surface area contributed by atoms with Gasteiger partial charge in [0.15, 0.2) is 11.4 Å². The Labute approximate surface area is 291 Å². The Morgan fingerprint density at radius 2 is 1.12 bits per heavy atom. The second kappa shape index (κ2) is 21.8. The van der Waals surface area contributed by atoms with Gasteiger partial charge in [0, 0.05) is 35.0 Å². The number of benzene rings is 2. The summed E-state index contributed by atoms with van der Waals surface area (Å²) < 4.78 is 22.1. The molecule has 2 rings (SSSR count). The van der Waals surface area contributed by atoms with Gasteiger partial charge < -0.3 is 24.7 Å². The van der Waals surface area contributed by atoms with Crippen molar-refractivity contribution in [2.24, 2.45) is 4.99 Å². The van der Waals surface area contributed by atoms with Crippen molar-refractivity contribution in [3.63, 3.8) is 0 Å². The van der Waals surface area contributed by atoms with Gasteiger partial charge in [0.1, 0.15) is 13.6 Å². The summed E-state index contributed by atoms with van der Waals surface area (Å²) in [7, 11) is -2.12. The first-order valence-electron chi connectivity index (χ1n) is 16.8.